The molecule has 0 aromatic heterocycles. The number of hydrogen-bond donors (Lipinski definition) is 1. The van der Waals surface area contributed by atoms with Crippen LogP contribution >= 0.6 is 0 Å². The molecule has 1 aliphatic carbocycles. The van der Waals surface area contributed by atoms with Crippen molar-refractivity contribution in [2.45, 2.75) is 57.2 Å². The number of benzene rings is 1. The van der Waals surface area contributed by atoms with E-state index < -0.39 is 42.9 Å². The molecule has 27 heavy (non-hydrogen) atoms. The molecule has 1 aromatic carbocycles. The molecule has 3 rings (SSSR count). The van der Waals surface area contributed by atoms with Gasteiger partial charge in [-0.3, -0.25) is 9.79 Å². The number of hydrogen-bond acceptors (Lipinski definition) is 5. The van der Waals surface area contributed by atoms with Gasteiger partial charge in [-0.05, 0) is 51.3 Å². The van der Waals surface area contributed by atoms with Gasteiger partial charge >= 0.3 is 0 Å². The number of carbonyl (C=O) groups is 1. The fraction of sp³-hybridized carbons (Fsp3) is 0.579. The summed E-state index contributed by atoms with van der Waals surface area (Å²) in [4.78, 5) is 16.6. The summed E-state index contributed by atoms with van der Waals surface area (Å²) in [6.45, 7) is 6.13. The van der Waals surface area contributed by atoms with Gasteiger partial charge in [0.25, 0.3) is 0 Å². The smallest absolute Gasteiger partial charge is 0.165 e. The quantitative estimate of drug-likeness (QED) is 0.844. The number of nitrogens with zero attached hydrogens (tertiary/aromatic N) is 1. The molecule has 1 heterocycles. The van der Waals surface area contributed by atoms with E-state index in [9.17, 15) is 22.0 Å². The zero-order valence-electron chi connectivity index (χ0n) is 15.9. The molecule has 1 aliphatic heterocycles. The van der Waals surface area contributed by atoms with E-state index in [4.69, 9.17) is 5.73 Å². The van der Waals surface area contributed by atoms with Crippen LogP contribution in [0.25, 0.3) is 0 Å². The van der Waals surface area contributed by atoms with Gasteiger partial charge in [-0.2, -0.15) is 0 Å². The summed E-state index contributed by atoms with van der Waals surface area (Å²) in [7, 11) is -3.76. The van der Waals surface area contributed by atoms with E-state index in [1.54, 1.807) is 0 Å². The van der Waals surface area contributed by atoms with Crippen molar-refractivity contribution in [1.82, 2.24) is 0 Å². The van der Waals surface area contributed by atoms with Crippen molar-refractivity contribution in [2.75, 3.05) is 5.75 Å². The maximum Gasteiger partial charge on any atom is 0.165 e. The van der Waals surface area contributed by atoms with Gasteiger partial charge in [0.1, 0.15) is 21.9 Å². The molecule has 0 bridgehead atoms. The van der Waals surface area contributed by atoms with Gasteiger partial charge < -0.3 is 5.73 Å². The Kier molecular flexibility index (Phi) is 4.30. The average molecular weight is 398 g/mol. The first-order valence-electron chi connectivity index (χ1n) is 8.82. The van der Waals surface area contributed by atoms with Crippen LogP contribution in [0, 0.1) is 17.0 Å². The molecular formula is C19H24F2N2O3S. The Bertz CT molecular complexity index is 965. The van der Waals surface area contributed by atoms with Crippen molar-refractivity contribution in [3.05, 3.63) is 34.9 Å². The van der Waals surface area contributed by atoms with E-state index in [0.717, 1.165) is 18.9 Å². The Balaban J connectivity index is 2.08. The summed E-state index contributed by atoms with van der Waals surface area (Å²) in [5.41, 5.74) is 4.02. The van der Waals surface area contributed by atoms with E-state index in [1.165, 1.54) is 26.8 Å². The van der Waals surface area contributed by atoms with Gasteiger partial charge in [-0.1, -0.05) is 6.92 Å². The van der Waals surface area contributed by atoms with Crippen molar-refractivity contribution in [2.24, 2.45) is 16.1 Å². The number of aliphatic imine (C=N–C) groups is 1. The molecule has 2 N–H and O–H groups in total. The molecule has 0 spiro atoms. The predicted octanol–water partition coefficient (Wildman–Crippen LogP) is 2.66. The van der Waals surface area contributed by atoms with E-state index in [1.807, 2.05) is 6.92 Å². The molecule has 1 aromatic rings. The van der Waals surface area contributed by atoms with Gasteiger partial charge in [0.2, 0.25) is 0 Å². The molecule has 0 saturated heterocycles. The lowest BCUT2D eigenvalue weighted by Crippen LogP contribution is -2.55. The third-order valence-corrected chi connectivity index (χ3v) is 8.65. The number of rotatable bonds is 4. The summed E-state index contributed by atoms with van der Waals surface area (Å²) >= 11 is 0. The first kappa shape index (κ1) is 19.9. The van der Waals surface area contributed by atoms with Crippen LogP contribution in [-0.2, 0) is 26.6 Å². The van der Waals surface area contributed by atoms with Gasteiger partial charge in [0.15, 0.2) is 21.5 Å². The van der Waals surface area contributed by atoms with Crippen molar-refractivity contribution in [1.29, 1.82) is 0 Å². The van der Waals surface area contributed by atoms with Crippen LogP contribution in [0.4, 0.5) is 8.78 Å². The highest BCUT2D eigenvalue weighted by atomic mass is 32.2. The molecule has 0 radical (unpaired) electrons. The second-order valence-corrected chi connectivity index (χ2v) is 11.2. The summed E-state index contributed by atoms with van der Waals surface area (Å²) in [6.07, 6.45) is 1.54. The largest absolute Gasteiger partial charge is 0.386 e. The van der Waals surface area contributed by atoms with E-state index in [-0.39, 0.29) is 23.6 Å². The zero-order valence-corrected chi connectivity index (χ0v) is 16.7. The van der Waals surface area contributed by atoms with Crippen LogP contribution in [-0.4, -0.2) is 30.5 Å². The molecule has 1 atom stereocenters. The van der Waals surface area contributed by atoms with Crippen molar-refractivity contribution in [3.8, 4) is 0 Å². The predicted molar refractivity (Wildman–Crippen MR) is 99.3 cm³/mol. The number of halogens is 2. The Morgan fingerprint density at radius 3 is 2.30 bits per heavy atom. The minimum Gasteiger partial charge on any atom is -0.386 e. The highest BCUT2D eigenvalue weighted by molar-refractivity contribution is 7.93. The lowest BCUT2D eigenvalue weighted by atomic mass is 9.89. The van der Waals surface area contributed by atoms with Crippen molar-refractivity contribution >= 4 is 21.5 Å². The molecule has 1 saturated carbocycles. The molecule has 5 nitrogen and oxygen atoms in total. The normalized spacial score (nSPS) is 27.7. The Labute approximate surface area is 158 Å². The maximum atomic E-state index is 14.6. The van der Waals surface area contributed by atoms with Gasteiger partial charge in [0, 0.05) is 17.4 Å². The molecule has 148 valence electrons. The first-order chi connectivity index (χ1) is 12.2. The monoisotopic (exact) mass is 398 g/mol. The lowest BCUT2D eigenvalue weighted by molar-refractivity contribution is -0.122. The second-order valence-electron chi connectivity index (χ2n) is 8.64. The molecule has 8 heteroatoms. The van der Waals surface area contributed by atoms with Crippen molar-refractivity contribution < 1.29 is 22.0 Å². The molecule has 2 aliphatic rings. The Hall–Kier alpha value is -1.83. The maximum absolute atomic E-state index is 14.6. The third-order valence-electron chi connectivity index (χ3n) is 5.94. The molecule has 0 amide bonds. The van der Waals surface area contributed by atoms with Gasteiger partial charge in [-0.15, -0.1) is 0 Å². The average Bonchev–Trinajstić information content (AvgIpc) is 3.27. The standard InChI is InChI=1S/C19H24F2N2O3S/c1-17(2)16(22)23-19(4,10-27(17,25)26)12-7-11(8-13(20)15(12)21)9-14(24)18(3)5-6-18/h7-8H,5-6,9-10H2,1-4H3,(H2,22,23)/t19-/m0/s1. The van der Waals surface area contributed by atoms with Crippen LogP contribution in [0.15, 0.2) is 17.1 Å². The molecule has 1 fully saturated rings. The molecular weight excluding hydrogens is 374 g/mol. The number of sulfone groups is 1. The summed E-state index contributed by atoms with van der Waals surface area (Å²) in [5, 5.41) is 0. The van der Waals surface area contributed by atoms with Crippen LogP contribution < -0.4 is 5.73 Å². The van der Waals surface area contributed by atoms with Crippen LogP contribution in [0.1, 0.15) is 51.7 Å². The fourth-order valence-electron chi connectivity index (χ4n) is 3.28. The summed E-state index contributed by atoms with van der Waals surface area (Å²) < 4.78 is 52.8. The summed E-state index contributed by atoms with van der Waals surface area (Å²) in [5.74, 6) is -2.99. The minimum absolute atomic E-state index is 0.0335. The van der Waals surface area contributed by atoms with Crippen LogP contribution in [0.2, 0.25) is 0 Å². The fourth-order valence-corrected chi connectivity index (χ4v) is 4.97. The number of nitrogens with two attached hydrogens (primary N) is 1. The Morgan fingerprint density at radius 2 is 1.78 bits per heavy atom. The number of Topliss-reactive ketones (excluding diaryl/α,β-unsaturated/α-hetero) is 1. The number of amidine groups is 1. The Morgan fingerprint density at radius 1 is 1.19 bits per heavy atom. The van der Waals surface area contributed by atoms with Crippen molar-refractivity contribution in [3.63, 3.8) is 0 Å². The lowest BCUT2D eigenvalue weighted by Gasteiger charge is -2.38. The topological polar surface area (TPSA) is 89.6 Å². The van der Waals surface area contributed by atoms with Crippen LogP contribution in [0.3, 0.4) is 0 Å². The van der Waals surface area contributed by atoms with E-state index >= 15 is 0 Å². The zero-order chi connectivity index (χ0) is 20.4. The number of ketones is 1. The van der Waals surface area contributed by atoms with Gasteiger partial charge in [-0.25, -0.2) is 17.2 Å². The SMILES string of the molecule is CC1(C(=O)Cc2cc(F)c(F)c([C@]3(C)CS(=O)(=O)C(C)(C)C(N)=N3)c2)CC1. The molecule has 0 unspecified atom stereocenters. The highest BCUT2D eigenvalue weighted by Gasteiger charge is 2.50. The number of carbonyl (C=O) groups excluding carboxylic acids is 1. The van der Waals surface area contributed by atoms with Crippen LogP contribution in [0.5, 0.6) is 0 Å². The highest BCUT2D eigenvalue weighted by Crippen LogP contribution is 2.46. The van der Waals surface area contributed by atoms with Gasteiger partial charge in [0.05, 0.1) is 5.75 Å². The minimum atomic E-state index is -3.76. The second kappa shape index (κ2) is 5.83. The van der Waals surface area contributed by atoms with E-state index in [2.05, 4.69) is 4.99 Å². The summed E-state index contributed by atoms with van der Waals surface area (Å²) in [6, 6.07) is 2.33. The van der Waals surface area contributed by atoms with E-state index in [0.29, 0.717) is 5.56 Å². The first-order valence-corrected chi connectivity index (χ1v) is 10.5. The third kappa shape index (κ3) is 3.17.